The second kappa shape index (κ2) is 7.71. The van der Waals surface area contributed by atoms with Crippen molar-refractivity contribution in [3.8, 4) is 5.82 Å². The van der Waals surface area contributed by atoms with Crippen LogP contribution >= 0.6 is 0 Å². The van der Waals surface area contributed by atoms with Crippen LogP contribution in [0.2, 0.25) is 0 Å². The summed E-state index contributed by atoms with van der Waals surface area (Å²) in [7, 11) is 0. The standard InChI is InChI=1S/C19H18F2N6O/c20-15-5-4-14(9-16(15)21)25-19(28)13-3-1-7-26(11-13)17-10-18(23-12-22-17)27-8-2-6-24-27/h2,4-6,8-10,12-13H,1,3,7,11H2,(H,25,28). The molecule has 1 N–H and O–H groups in total. The monoisotopic (exact) mass is 384 g/mol. The Morgan fingerprint density at radius 2 is 2.00 bits per heavy atom. The van der Waals surface area contributed by atoms with Gasteiger partial charge in [-0.3, -0.25) is 4.79 Å². The number of nitrogens with zero attached hydrogens (tertiary/aromatic N) is 5. The molecule has 1 atom stereocenters. The van der Waals surface area contributed by atoms with Crippen LogP contribution in [-0.4, -0.2) is 38.7 Å². The third kappa shape index (κ3) is 3.83. The number of carbonyl (C=O) groups excluding carboxylic acids is 1. The molecule has 1 aliphatic heterocycles. The highest BCUT2D eigenvalue weighted by molar-refractivity contribution is 5.93. The second-order valence-electron chi connectivity index (χ2n) is 6.59. The molecule has 1 amide bonds. The summed E-state index contributed by atoms with van der Waals surface area (Å²) in [5.74, 6) is -1.09. The van der Waals surface area contributed by atoms with Crippen LogP contribution in [-0.2, 0) is 4.79 Å². The van der Waals surface area contributed by atoms with Crippen LogP contribution in [0.15, 0.2) is 49.1 Å². The Labute approximate surface area is 160 Å². The predicted octanol–water partition coefficient (Wildman–Crippen LogP) is 2.80. The normalized spacial score (nSPS) is 16.8. The van der Waals surface area contributed by atoms with Gasteiger partial charge in [0.1, 0.15) is 12.1 Å². The Balaban J connectivity index is 1.46. The summed E-state index contributed by atoms with van der Waals surface area (Å²) in [5, 5.41) is 6.83. The summed E-state index contributed by atoms with van der Waals surface area (Å²) in [5.41, 5.74) is 0.240. The van der Waals surface area contributed by atoms with Gasteiger partial charge in [-0.2, -0.15) is 5.10 Å². The highest BCUT2D eigenvalue weighted by Crippen LogP contribution is 2.24. The first kappa shape index (κ1) is 18.0. The zero-order valence-electron chi connectivity index (χ0n) is 14.9. The van der Waals surface area contributed by atoms with Crippen molar-refractivity contribution in [2.75, 3.05) is 23.3 Å². The second-order valence-corrected chi connectivity index (χ2v) is 6.59. The molecule has 28 heavy (non-hydrogen) atoms. The van der Waals surface area contributed by atoms with Gasteiger partial charge in [-0.05, 0) is 31.0 Å². The maximum absolute atomic E-state index is 13.4. The summed E-state index contributed by atoms with van der Waals surface area (Å²) >= 11 is 0. The molecule has 9 heteroatoms. The average Bonchev–Trinajstić information content (AvgIpc) is 3.26. The predicted molar refractivity (Wildman–Crippen MR) is 99.1 cm³/mol. The van der Waals surface area contributed by atoms with Gasteiger partial charge in [-0.1, -0.05) is 0 Å². The molecule has 0 aliphatic carbocycles. The lowest BCUT2D eigenvalue weighted by Gasteiger charge is -2.32. The largest absolute Gasteiger partial charge is 0.356 e. The number of amides is 1. The van der Waals surface area contributed by atoms with E-state index in [2.05, 4.69) is 20.4 Å². The lowest BCUT2D eigenvalue weighted by molar-refractivity contribution is -0.120. The van der Waals surface area contributed by atoms with Crippen LogP contribution < -0.4 is 10.2 Å². The number of anilines is 2. The number of hydrogen-bond donors (Lipinski definition) is 1. The van der Waals surface area contributed by atoms with Gasteiger partial charge >= 0.3 is 0 Å². The van der Waals surface area contributed by atoms with E-state index >= 15 is 0 Å². The molecule has 144 valence electrons. The fraction of sp³-hybridized carbons (Fsp3) is 0.263. The van der Waals surface area contributed by atoms with Crippen LogP contribution in [0.25, 0.3) is 5.82 Å². The number of hydrogen-bond acceptors (Lipinski definition) is 5. The first-order chi connectivity index (χ1) is 13.6. The van der Waals surface area contributed by atoms with Gasteiger partial charge in [0.05, 0.1) is 5.92 Å². The molecule has 0 radical (unpaired) electrons. The zero-order valence-corrected chi connectivity index (χ0v) is 14.9. The maximum atomic E-state index is 13.4. The van der Waals surface area contributed by atoms with Crippen LogP contribution in [0.5, 0.6) is 0 Å². The molecule has 1 saturated heterocycles. The number of piperidine rings is 1. The van der Waals surface area contributed by atoms with E-state index in [-0.39, 0.29) is 17.5 Å². The number of benzene rings is 1. The van der Waals surface area contributed by atoms with Gasteiger partial charge in [-0.15, -0.1) is 0 Å². The zero-order chi connectivity index (χ0) is 19.5. The van der Waals surface area contributed by atoms with Crippen molar-refractivity contribution < 1.29 is 13.6 Å². The highest BCUT2D eigenvalue weighted by atomic mass is 19.2. The molecular weight excluding hydrogens is 366 g/mol. The van der Waals surface area contributed by atoms with Crippen LogP contribution in [0, 0.1) is 17.6 Å². The van der Waals surface area contributed by atoms with Gasteiger partial charge in [0.25, 0.3) is 0 Å². The number of nitrogens with one attached hydrogen (secondary N) is 1. The molecule has 4 rings (SSSR count). The SMILES string of the molecule is O=C(Nc1ccc(F)c(F)c1)C1CCCN(c2cc(-n3cccn3)ncn2)C1. The van der Waals surface area contributed by atoms with Crippen molar-refractivity contribution in [1.82, 2.24) is 19.7 Å². The summed E-state index contributed by atoms with van der Waals surface area (Å²) in [4.78, 5) is 23.2. The summed E-state index contributed by atoms with van der Waals surface area (Å²) < 4.78 is 28.0. The van der Waals surface area contributed by atoms with Crippen molar-refractivity contribution in [3.05, 3.63) is 60.7 Å². The Morgan fingerprint density at radius 1 is 1.14 bits per heavy atom. The molecule has 3 heterocycles. The molecule has 0 saturated carbocycles. The van der Waals surface area contributed by atoms with Gasteiger partial charge in [-0.25, -0.2) is 23.4 Å². The minimum atomic E-state index is -0.991. The lowest BCUT2D eigenvalue weighted by atomic mass is 9.97. The lowest BCUT2D eigenvalue weighted by Crippen LogP contribution is -2.41. The van der Waals surface area contributed by atoms with E-state index in [9.17, 15) is 13.6 Å². The van der Waals surface area contributed by atoms with Crippen LogP contribution in [0.4, 0.5) is 20.3 Å². The summed E-state index contributed by atoms with van der Waals surface area (Å²) in [6.45, 7) is 1.25. The first-order valence-electron chi connectivity index (χ1n) is 8.93. The molecule has 0 spiro atoms. The molecule has 3 aromatic rings. The van der Waals surface area contributed by atoms with E-state index in [4.69, 9.17) is 0 Å². The molecule has 1 aromatic carbocycles. The minimum absolute atomic E-state index is 0.225. The fourth-order valence-corrected chi connectivity index (χ4v) is 3.26. The Kier molecular flexibility index (Phi) is 4.96. The van der Waals surface area contributed by atoms with Crippen molar-refractivity contribution in [1.29, 1.82) is 0 Å². The summed E-state index contributed by atoms with van der Waals surface area (Å²) in [6.07, 6.45) is 6.46. The maximum Gasteiger partial charge on any atom is 0.229 e. The Hall–Kier alpha value is -3.36. The van der Waals surface area contributed by atoms with Gasteiger partial charge in [0, 0.05) is 43.3 Å². The Bertz CT molecular complexity index is 978. The number of rotatable bonds is 4. The molecule has 0 bridgehead atoms. The third-order valence-electron chi connectivity index (χ3n) is 4.68. The average molecular weight is 384 g/mol. The molecule has 1 fully saturated rings. The smallest absolute Gasteiger partial charge is 0.229 e. The third-order valence-corrected chi connectivity index (χ3v) is 4.68. The Morgan fingerprint density at radius 3 is 2.79 bits per heavy atom. The van der Waals surface area contributed by atoms with Crippen molar-refractivity contribution in [2.45, 2.75) is 12.8 Å². The van der Waals surface area contributed by atoms with Gasteiger partial charge in [0.15, 0.2) is 17.5 Å². The quantitative estimate of drug-likeness (QED) is 0.749. The highest BCUT2D eigenvalue weighted by Gasteiger charge is 2.27. The topological polar surface area (TPSA) is 75.9 Å². The van der Waals surface area contributed by atoms with Gasteiger partial charge < -0.3 is 10.2 Å². The van der Waals surface area contributed by atoms with Crippen molar-refractivity contribution >= 4 is 17.4 Å². The van der Waals surface area contributed by atoms with Crippen LogP contribution in [0.3, 0.4) is 0 Å². The molecule has 1 aliphatic rings. The molecule has 1 unspecified atom stereocenters. The van der Waals surface area contributed by atoms with Crippen molar-refractivity contribution in [3.63, 3.8) is 0 Å². The van der Waals surface area contributed by atoms with Crippen LogP contribution in [0.1, 0.15) is 12.8 Å². The van der Waals surface area contributed by atoms with Gasteiger partial charge in [0.2, 0.25) is 5.91 Å². The molecular formula is C19H18F2N6O. The summed E-state index contributed by atoms with van der Waals surface area (Å²) in [6, 6.07) is 6.95. The molecule has 7 nitrogen and oxygen atoms in total. The van der Waals surface area contributed by atoms with E-state index in [1.807, 2.05) is 11.0 Å². The fourth-order valence-electron chi connectivity index (χ4n) is 3.26. The first-order valence-corrected chi connectivity index (χ1v) is 8.93. The number of halogens is 2. The number of carbonyl (C=O) groups is 1. The molecule has 2 aromatic heterocycles. The minimum Gasteiger partial charge on any atom is -0.356 e. The van der Waals surface area contributed by atoms with E-state index in [1.54, 1.807) is 23.1 Å². The van der Waals surface area contributed by atoms with E-state index in [1.165, 1.54) is 12.4 Å². The van der Waals surface area contributed by atoms with E-state index < -0.39 is 11.6 Å². The van der Waals surface area contributed by atoms with E-state index in [0.717, 1.165) is 25.1 Å². The van der Waals surface area contributed by atoms with E-state index in [0.29, 0.717) is 24.6 Å². The number of aromatic nitrogens is 4. The van der Waals surface area contributed by atoms with Crippen molar-refractivity contribution in [2.24, 2.45) is 5.92 Å².